The molecule has 1 saturated heterocycles. The average molecular weight is 427 g/mol. The first-order valence-electron chi connectivity index (χ1n) is 8.10. The van der Waals surface area contributed by atoms with Crippen molar-refractivity contribution in [1.29, 1.82) is 0 Å². The minimum Gasteiger partial charge on any atom is -0.478 e. The lowest BCUT2D eigenvalue weighted by molar-refractivity contribution is -0.113. The van der Waals surface area contributed by atoms with Crippen molar-refractivity contribution in [3.63, 3.8) is 0 Å². The molecule has 1 fully saturated rings. The lowest BCUT2D eigenvalue weighted by atomic mass is 10.2. The van der Waals surface area contributed by atoms with Crippen LogP contribution in [-0.4, -0.2) is 26.3 Å². The molecular weight excluding hydrogens is 416 g/mol. The number of carboxylic acid groups (broad SMARTS) is 1. The number of aromatic carboxylic acids is 1. The van der Waals surface area contributed by atoms with Gasteiger partial charge in [0, 0.05) is 5.39 Å². The van der Waals surface area contributed by atoms with Crippen molar-refractivity contribution in [2.24, 2.45) is 0 Å². The standard InChI is InChI=1S/C20H11ClN2O3S2/c21-15-6-2-3-11-7-8-13(22-17(11)15)10-16-18(24)23(20(27)28-16)14-5-1-4-12(9-14)19(25)26/h1-10H,(H,25,26)/b16-10-. The zero-order valence-corrected chi connectivity index (χ0v) is 16.5. The Balaban J connectivity index is 1.70. The van der Waals surface area contributed by atoms with Gasteiger partial charge in [-0.05, 0) is 36.4 Å². The van der Waals surface area contributed by atoms with Crippen LogP contribution in [0.1, 0.15) is 16.1 Å². The Kier molecular flexibility index (Phi) is 4.89. The van der Waals surface area contributed by atoms with Crippen LogP contribution in [0.4, 0.5) is 5.69 Å². The van der Waals surface area contributed by atoms with Gasteiger partial charge in [-0.25, -0.2) is 9.78 Å². The number of carboxylic acids is 1. The molecule has 0 unspecified atom stereocenters. The molecule has 1 aliphatic rings. The van der Waals surface area contributed by atoms with Gasteiger partial charge in [-0.2, -0.15) is 0 Å². The molecule has 0 saturated carbocycles. The normalized spacial score (nSPS) is 15.6. The Labute approximate surface area is 174 Å². The van der Waals surface area contributed by atoms with Crippen molar-refractivity contribution < 1.29 is 14.7 Å². The Hall–Kier alpha value is -2.74. The topological polar surface area (TPSA) is 70.5 Å². The lowest BCUT2D eigenvalue weighted by Gasteiger charge is -2.14. The fourth-order valence-corrected chi connectivity index (χ4v) is 4.32. The van der Waals surface area contributed by atoms with Crippen LogP contribution in [0.5, 0.6) is 0 Å². The van der Waals surface area contributed by atoms with Crippen LogP contribution in [0.3, 0.4) is 0 Å². The molecule has 1 aliphatic heterocycles. The number of nitrogens with zero attached hydrogens (tertiary/aromatic N) is 2. The summed E-state index contributed by atoms with van der Waals surface area (Å²) in [6.07, 6.45) is 1.66. The highest BCUT2D eigenvalue weighted by molar-refractivity contribution is 8.27. The number of fused-ring (bicyclic) bond motifs is 1. The number of thioether (sulfide) groups is 1. The number of para-hydroxylation sites is 1. The first-order valence-corrected chi connectivity index (χ1v) is 9.71. The van der Waals surface area contributed by atoms with Crippen LogP contribution in [0, 0.1) is 0 Å². The van der Waals surface area contributed by atoms with E-state index in [0.29, 0.717) is 31.1 Å². The second kappa shape index (κ2) is 7.35. The SMILES string of the molecule is O=C(O)c1cccc(N2C(=O)/C(=C/c3ccc4cccc(Cl)c4n3)SC2=S)c1. The number of amides is 1. The van der Waals surface area contributed by atoms with E-state index >= 15 is 0 Å². The number of anilines is 1. The van der Waals surface area contributed by atoms with Gasteiger partial charge >= 0.3 is 5.97 Å². The summed E-state index contributed by atoms with van der Waals surface area (Å²) in [6.45, 7) is 0. The highest BCUT2D eigenvalue weighted by atomic mass is 35.5. The third-order valence-electron chi connectivity index (χ3n) is 4.12. The molecule has 0 radical (unpaired) electrons. The van der Waals surface area contributed by atoms with E-state index in [1.54, 1.807) is 30.3 Å². The predicted molar refractivity (Wildman–Crippen MR) is 116 cm³/mol. The molecular formula is C20H11ClN2O3S2. The number of thiocarbonyl (C=S) groups is 1. The highest BCUT2D eigenvalue weighted by Crippen LogP contribution is 2.36. The quantitative estimate of drug-likeness (QED) is 0.470. The van der Waals surface area contributed by atoms with Gasteiger partial charge in [0.2, 0.25) is 0 Å². The molecule has 0 bridgehead atoms. The van der Waals surface area contributed by atoms with Crippen LogP contribution < -0.4 is 4.90 Å². The maximum Gasteiger partial charge on any atom is 0.335 e. The van der Waals surface area contributed by atoms with Crippen LogP contribution in [-0.2, 0) is 4.79 Å². The average Bonchev–Trinajstić information content (AvgIpc) is 2.95. The van der Waals surface area contributed by atoms with Gasteiger partial charge in [0.15, 0.2) is 4.32 Å². The molecule has 138 valence electrons. The third-order valence-corrected chi connectivity index (χ3v) is 5.72. The minimum atomic E-state index is -1.07. The molecule has 0 aliphatic carbocycles. The van der Waals surface area contributed by atoms with Crippen molar-refractivity contribution in [2.45, 2.75) is 0 Å². The van der Waals surface area contributed by atoms with Gasteiger partial charge in [0.05, 0.1) is 32.4 Å². The van der Waals surface area contributed by atoms with Crippen molar-refractivity contribution >= 4 is 74.4 Å². The number of hydrogen-bond donors (Lipinski definition) is 1. The number of hydrogen-bond acceptors (Lipinski definition) is 5. The van der Waals surface area contributed by atoms with Crippen LogP contribution in [0.2, 0.25) is 5.02 Å². The molecule has 2 aromatic carbocycles. The maximum atomic E-state index is 12.9. The smallest absolute Gasteiger partial charge is 0.335 e. The summed E-state index contributed by atoms with van der Waals surface area (Å²) in [6, 6.07) is 15.3. The third kappa shape index (κ3) is 3.40. The molecule has 4 rings (SSSR count). The summed E-state index contributed by atoms with van der Waals surface area (Å²) in [7, 11) is 0. The van der Waals surface area contributed by atoms with E-state index in [9.17, 15) is 9.59 Å². The van der Waals surface area contributed by atoms with Crippen LogP contribution >= 0.6 is 35.6 Å². The molecule has 1 N–H and O–H groups in total. The fraction of sp³-hybridized carbons (Fsp3) is 0. The fourth-order valence-electron chi connectivity index (χ4n) is 2.81. The maximum absolute atomic E-state index is 12.9. The Morgan fingerprint density at radius 2 is 1.96 bits per heavy atom. The monoisotopic (exact) mass is 426 g/mol. The molecule has 0 spiro atoms. The van der Waals surface area contributed by atoms with E-state index in [2.05, 4.69) is 4.98 Å². The van der Waals surface area contributed by atoms with Gasteiger partial charge in [-0.3, -0.25) is 9.69 Å². The molecule has 0 atom stereocenters. The van der Waals surface area contributed by atoms with Crippen LogP contribution in [0.15, 0.2) is 59.5 Å². The largest absolute Gasteiger partial charge is 0.478 e. The summed E-state index contributed by atoms with van der Waals surface area (Å²) >= 11 is 12.7. The van der Waals surface area contributed by atoms with Crippen molar-refractivity contribution in [1.82, 2.24) is 4.98 Å². The second-order valence-electron chi connectivity index (χ2n) is 5.92. The van der Waals surface area contributed by atoms with E-state index in [4.69, 9.17) is 28.9 Å². The molecule has 1 amide bonds. The Morgan fingerprint density at radius 1 is 1.18 bits per heavy atom. The van der Waals surface area contributed by atoms with E-state index in [-0.39, 0.29) is 11.5 Å². The highest BCUT2D eigenvalue weighted by Gasteiger charge is 2.33. The number of aromatic nitrogens is 1. The van der Waals surface area contributed by atoms with Crippen molar-refractivity contribution in [3.8, 4) is 0 Å². The summed E-state index contributed by atoms with van der Waals surface area (Å²) in [4.78, 5) is 30.3. The summed E-state index contributed by atoms with van der Waals surface area (Å²) in [5.41, 5.74) is 1.74. The molecule has 28 heavy (non-hydrogen) atoms. The van der Waals surface area contributed by atoms with Gasteiger partial charge in [0.1, 0.15) is 0 Å². The van der Waals surface area contributed by atoms with E-state index in [1.807, 2.05) is 18.2 Å². The second-order valence-corrected chi connectivity index (χ2v) is 8.00. The van der Waals surface area contributed by atoms with Gasteiger partial charge < -0.3 is 5.11 Å². The van der Waals surface area contributed by atoms with Crippen molar-refractivity contribution in [3.05, 3.63) is 75.8 Å². The van der Waals surface area contributed by atoms with Gasteiger partial charge in [0.25, 0.3) is 5.91 Å². The Bertz CT molecular complexity index is 1190. The number of halogens is 1. The zero-order valence-electron chi connectivity index (χ0n) is 14.1. The molecule has 1 aromatic heterocycles. The lowest BCUT2D eigenvalue weighted by Crippen LogP contribution is -2.27. The molecule has 2 heterocycles. The van der Waals surface area contributed by atoms with Gasteiger partial charge in [-0.1, -0.05) is 59.8 Å². The predicted octanol–water partition coefficient (Wildman–Crippen LogP) is 4.99. The first kappa shape index (κ1) is 18.6. The van der Waals surface area contributed by atoms with Crippen molar-refractivity contribution in [2.75, 3.05) is 4.90 Å². The molecule has 8 heteroatoms. The zero-order chi connectivity index (χ0) is 19.8. The minimum absolute atomic E-state index is 0.0846. The number of pyridine rings is 1. The summed E-state index contributed by atoms with van der Waals surface area (Å²) < 4.78 is 0.331. The van der Waals surface area contributed by atoms with Crippen LogP contribution in [0.25, 0.3) is 17.0 Å². The number of carbonyl (C=O) groups is 2. The first-order chi connectivity index (χ1) is 13.4. The number of benzene rings is 2. The summed E-state index contributed by atoms with van der Waals surface area (Å²) in [5.74, 6) is -1.39. The number of carbonyl (C=O) groups excluding carboxylic acids is 1. The number of rotatable bonds is 3. The molecule has 3 aromatic rings. The Morgan fingerprint density at radius 3 is 2.75 bits per heavy atom. The molecule has 5 nitrogen and oxygen atoms in total. The van der Waals surface area contributed by atoms with Gasteiger partial charge in [-0.15, -0.1) is 0 Å². The van der Waals surface area contributed by atoms with E-state index in [0.717, 1.165) is 17.1 Å². The van der Waals surface area contributed by atoms with E-state index < -0.39 is 5.97 Å². The van der Waals surface area contributed by atoms with E-state index in [1.165, 1.54) is 17.0 Å². The summed E-state index contributed by atoms with van der Waals surface area (Å²) in [5, 5.41) is 10.6.